The van der Waals surface area contributed by atoms with Crippen LogP contribution < -0.4 is 16.8 Å². The highest BCUT2D eigenvalue weighted by Gasteiger charge is 2.36. The van der Waals surface area contributed by atoms with Crippen LogP contribution in [0.15, 0.2) is 18.2 Å². The molecule has 0 spiro atoms. The molecule has 1 heterocycles. The molecule has 2 aliphatic rings. The second-order valence-electron chi connectivity index (χ2n) is 8.52. The van der Waals surface area contributed by atoms with Gasteiger partial charge in [0.1, 0.15) is 17.6 Å². The maximum atomic E-state index is 12.9. The van der Waals surface area contributed by atoms with Crippen molar-refractivity contribution in [2.45, 2.75) is 70.0 Å². The number of hydrogen-bond donors (Lipinski definition) is 5. The molecule has 172 valence electrons. The topological polar surface area (TPSA) is 146 Å². The summed E-state index contributed by atoms with van der Waals surface area (Å²) in [5.74, 6) is -0.130. The molecule has 2 atom stereocenters. The van der Waals surface area contributed by atoms with E-state index in [0.29, 0.717) is 30.9 Å². The van der Waals surface area contributed by atoms with E-state index in [0.717, 1.165) is 19.3 Å². The fourth-order valence-corrected chi connectivity index (χ4v) is 4.62. The van der Waals surface area contributed by atoms with E-state index < -0.39 is 12.1 Å². The number of benzene rings is 1. The van der Waals surface area contributed by atoms with Crippen LogP contribution in [0.4, 0.5) is 0 Å². The second kappa shape index (κ2) is 11.3. The summed E-state index contributed by atoms with van der Waals surface area (Å²) in [5, 5.41) is 20.2. The third kappa shape index (κ3) is 6.33. The van der Waals surface area contributed by atoms with Gasteiger partial charge in [-0.1, -0.05) is 38.2 Å². The molecule has 8 nitrogen and oxygen atoms in total. The van der Waals surface area contributed by atoms with Crippen LogP contribution in [0.2, 0.25) is 0 Å². The lowest BCUT2D eigenvalue weighted by Gasteiger charge is -2.29. The van der Waals surface area contributed by atoms with Crippen LogP contribution in [-0.4, -0.2) is 46.3 Å². The minimum Gasteiger partial charge on any atom is -0.507 e. The van der Waals surface area contributed by atoms with Crippen molar-refractivity contribution in [2.75, 3.05) is 6.54 Å². The van der Waals surface area contributed by atoms with Gasteiger partial charge in [0.15, 0.2) is 0 Å². The summed E-state index contributed by atoms with van der Waals surface area (Å²) < 4.78 is 0. The number of amidine groups is 1. The first kappa shape index (κ1) is 24.9. The van der Waals surface area contributed by atoms with Gasteiger partial charge in [-0.2, -0.15) is 0 Å². The Bertz CT molecular complexity index is 797. The zero-order chi connectivity index (χ0) is 21.7. The number of carbonyl (C=O) groups excluding carboxylic acids is 2. The number of phenols is 1. The second-order valence-corrected chi connectivity index (χ2v) is 8.52. The Morgan fingerprint density at radius 1 is 1.19 bits per heavy atom. The lowest BCUT2D eigenvalue weighted by Crippen LogP contribution is -2.51. The number of nitrogen functional groups attached to an aromatic ring is 1. The Morgan fingerprint density at radius 3 is 2.55 bits per heavy atom. The molecule has 1 saturated heterocycles. The van der Waals surface area contributed by atoms with Gasteiger partial charge < -0.3 is 26.8 Å². The zero-order valence-electron chi connectivity index (χ0n) is 17.8. The maximum Gasteiger partial charge on any atom is 0.243 e. The molecule has 31 heavy (non-hydrogen) atoms. The summed E-state index contributed by atoms with van der Waals surface area (Å²) in [5.41, 5.74) is 12.6. The minimum absolute atomic E-state index is 0. The van der Waals surface area contributed by atoms with Crippen LogP contribution in [-0.2, 0) is 16.1 Å². The molecule has 0 radical (unpaired) electrons. The number of nitrogens with one attached hydrogen (secondary N) is 2. The fourth-order valence-electron chi connectivity index (χ4n) is 4.62. The highest BCUT2D eigenvalue weighted by atomic mass is 35.5. The molecule has 1 aromatic carbocycles. The molecular weight excluding hydrogens is 418 g/mol. The zero-order valence-corrected chi connectivity index (χ0v) is 18.6. The van der Waals surface area contributed by atoms with Crippen molar-refractivity contribution < 1.29 is 14.7 Å². The molecule has 9 heteroatoms. The number of carbonyl (C=O) groups is 2. The number of halogens is 1. The molecule has 0 unspecified atom stereocenters. The number of nitrogens with zero attached hydrogens (tertiary/aromatic N) is 1. The molecule has 2 fully saturated rings. The van der Waals surface area contributed by atoms with Crippen molar-refractivity contribution in [1.82, 2.24) is 10.2 Å². The molecule has 1 aliphatic heterocycles. The van der Waals surface area contributed by atoms with E-state index in [4.69, 9.17) is 16.9 Å². The predicted octanol–water partition coefficient (Wildman–Crippen LogP) is 2.00. The van der Waals surface area contributed by atoms with Crippen molar-refractivity contribution in [2.24, 2.45) is 17.4 Å². The summed E-state index contributed by atoms with van der Waals surface area (Å²) in [6, 6.07) is 3.69. The molecule has 7 N–H and O–H groups in total. The first-order chi connectivity index (χ1) is 14.4. The SMILES string of the molecule is Cl.N=C(N)c1ccc(CNC(=O)[C@H]2CCCN2C(=O)[C@H](N)CC2CCCCC2)cc1O. The monoisotopic (exact) mass is 451 g/mol. The lowest BCUT2D eigenvalue weighted by molar-refractivity contribution is -0.139. The summed E-state index contributed by atoms with van der Waals surface area (Å²) in [7, 11) is 0. The molecule has 2 amide bonds. The van der Waals surface area contributed by atoms with Gasteiger partial charge in [0.2, 0.25) is 11.8 Å². The number of rotatable bonds is 7. The Morgan fingerprint density at radius 2 is 1.90 bits per heavy atom. The van der Waals surface area contributed by atoms with Gasteiger partial charge in [0.25, 0.3) is 0 Å². The van der Waals surface area contributed by atoms with Crippen LogP contribution >= 0.6 is 12.4 Å². The lowest BCUT2D eigenvalue weighted by atomic mass is 9.84. The standard InChI is InChI=1S/C22H33N5O3.ClH/c23-17(11-14-5-2-1-3-6-14)22(30)27-10-4-7-18(27)21(29)26-13-15-8-9-16(20(24)25)19(28)12-15;/h8-9,12,14,17-18,28H,1-7,10-11,13,23H2,(H3,24,25)(H,26,29);1H/t17-,18-;/m1./s1. The van der Waals surface area contributed by atoms with Gasteiger partial charge in [-0.15, -0.1) is 12.4 Å². The smallest absolute Gasteiger partial charge is 0.243 e. The van der Waals surface area contributed by atoms with Gasteiger partial charge in [-0.05, 0) is 42.9 Å². The number of likely N-dealkylation sites (tertiary alicyclic amines) is 1. The van der Waals surface area contributed by atoms with E-state index >= 15 is 0 Å². The molecule has 1 aliphatic carbocycles. The van der Waals surface area contributed by atoms with E-state index in [1.807, 2.05) is 0 Å². The van der Waals surface area contributed by atoms with E-state index in [1.165, 1.54) is 25.3 Å². The Kier molecular flexibility index (Phi) is 9.13. The van der Waals surface area contributed by atoms with Gasteiger partial charge in [0.05, 0.1) is 11.6 Å². The third-order valence-electron chi connectivity index (χ3n) is 6.29. The van der Waals surface area contributed by atoms with E-state index in [2.05, 4.69) is 5.32 Å². The first-order valence-corrected chi connectivity index (χ1v) is 10.9. The van der Waals surface area contributed by atoms with Crippen LogP contribution in [0.3, 0.4) is 0 Å². The predicted molar refractivity (Wildman–Crippen MR) is 122 cm³/mol. The molecular formula is C22H34ClN5O3. The highest BCUT2D eigenvalue weighted by molar-refractivity contribution is 5.97. The van der Waals surface area contributed by atoms with Gasteiger partial charge >= 0.3 is 0 Å². The van der Waals surface area contributed by atoms with Gasteiger partial charge in [-0.25, -0.2) is 0 Å². The van der Waals surface area contributed by atoms with E-state index in [-0.39, 0.29) is 47.9 Å². The van der Waals surface area contributed by atoms with Crippen molar-refractivity contribution in [3.63, 3.8) is 0 Å². The summed E-state index contributed by atoms with van der Waals surface area (Å²) >= 11 is 0. The molecule has 1 aromatic rings. The fraction of sp³-hybridized carbons (Fsp3) is 0.591. The Balaban J connectivity index is 0.00000341. The molecule has 3 rings (SSSR count). The third-order valence-corrected chi connectivity index (χ3v) is 6.29. The molecule has 1 saturated carbocycles. The van der Waals surface area contributed by atoms with Crippen molar-refractivity contribution in [1.29, 1.82) is 5.41 Å². The van der Waals surface area contributed by atoms with E-state index in [1.54, 1.807) is 17.0 Å². The molecule has 0 aromatic heterocycles. The highest BCUT2D eigenvalue weighted by Crippen LogP contribution is 2.28. The van der Waals surface area contributed by atoms with Gasteiger partial charge in [-0.3, -0.25) is 15.0 Å². The molecule has 0 bridgehead atoms. The number of hydrogen-bond acceptors (Lipinski definition) is 5. The summed E-state index contributed by atoms with van der Waals surface area (Å²) in [6.07, 6.45) is 8.08. The number of nitrogens with two attached hydrogens (primary N) is 2. The van der Waals surface area contributed by atoms with Crippen LogP contribution in [0, 0.1) is 11.3 Å². The minimum atomic E-state index is -0.544. The van der Waals surface area contributed by atoms with Gasteiger partial charge in [0, 0.05) is 13.1 Å². The number of amides is 2. The summed E-state index contributed by atoms with van der Waals surface area (Å²) in [4.78, 5) is 27.3. The van der Waals surface area contributed by atoms with Crippen LogP contribution in [0.25, 0.3) is 0 Å². The number of phenolic OH excluding ortho intramolecular Hbond substituents is 1. The van der Waals surface area contributed by atoms with E-state index in [9.17, 15) is 14.7 Å². The maximum absolute atomic E-state index is 12.9. The Labute approximate surface area is 189 Å². The largest absolute Gasteiger partial charge is 0.507 e. The van der Waals surface area contributed by atoms with Crippen LogP contribution in [0.1, 0.15) is 62.5 Å². The number of aromatic hydroxyl groups is 1. The first-order valence-electron chi connectivity index (χ1n) is 10.9. The quantitative estimate of drug-likeness (QED) is 0.318. The average molecular weight is 452 g/mol. The van der Waals surface area contributed by atoms with Crippen LogP contribution in [0.5, 0.6) is 5.75 Å². The normalized spacial score (nSPS) is 20.0. The van der Waals surface area contributed by atoms with Crippen molar-refractivity contribution in [3.8, 4) is 5.75 Å². The summed E-state index contributed by atoms with van der Waals surface area (Å²) in [6.45, 7) is 0.778. The van der Waals surface area contributed by atoms with Crippen molar-refractivity contribution in [3.05, 3.63) is 29.3 Å². The average Bonchev–Trinajstić information content (AvgIpc) is 3.22. The van der Waals surface area contributed by atoms with Crippen molar-refractivity contribution >= 4 is 30.1 Å². The Hall–Kier alpha value is -2.32.